The van der Waals surface area contributed by atoms with Gasteiger partial charge in [0.15, 0.2) is 0 Å². The normalized spacial score (nSPS) is 21.1. The van der Waals surface area contributed by atoms with Gasteiger partial charge in [-0.25, -0.2) is 8.42 Å². The number of thiophene rings is 1. The predicted molar refractivity (Wildman–Crippen MR) is 122 cm³/mol. The molecule has 168 valence electrons. The molecule has 2 amide bonds. The smallest absolute Gasteiger partial charge is 0.251 e. The second-order valence-electron chi connectivity index (χ2n) is 8.21. The van der Waals surface area contributed by atoms with Crippen LogP contribution in [-0.4, -0.2) is 61.7 Å². The van der Waals surface area contributed by atoms with Crippen molar-refractivity contribution < 1.29 is 18.0 Å². The van der Waals surface area contributed by atoms with Crippen LogP contribution >= 0.6 is 22.9 Å². The van der Waals surface area contributed by atoms with Crippen LogP contribution in [0.1, 0.15) is 38.2 Å². The molecule has 0 saturated carbocycles. The number of carbonyl (C=O) groups is 2. The third kappa shape index (κ3) is 4.33. The molecule has 7 nitrogen and oxygen atoms in total. The van der Waals surface area contributed by atoms with Gasteiger partial charge >= 0.3 is 0 Å². The van der Waals surface area contributed by atoms with Crippen molar-refractivity contribution in [3.63, 3.8) is 0 Å². The van der Waals surface area contributed by atoms with Crippen molar-refractivity contribution in [2.75, 3.05) is 19.6 Å². The Balaban J connectivity index is 1.49. The number of amides is 2. The quantitative estimate of drug-likeness (QED) is 0.707. The highest BCUT2D eigenvalue weighted by molar-refractivity contribution is 7.91. The number of nitrogens with zero attached hydrogens (tertiary/aromatic N) is 2. The number of rotatable bonds is 5. The molecule has 0 bridgehead atoms. The van der Waals surface area contributed by atoms with Crippen molar-refractivity contribution in [1.82, 2.24) is 14.5 Å². The van der Waals surface area contributed by atoms with Gasteiger partial charge in [0.2, 0.25) is 11.8 Å². The van der Waals surface area contributed by atoms with Crippen LogP contribution in [-0.2, 0) is 19.6 Å². The fourth-order valence-corrected chi connectivity index (χ4v) is 7.53. The molecule has 10 heteroatoms. The maximum atomic E-state index is 13.1. The first kappa shape index (κ1) is 22.5. The van der Waals surface area contributed by atoms with Gasteiger partial charge in [-0.15, -0.1) is 11.3 Å². The van der Waals surface area contributed by atoms with Crippen LogP contribution in [0, 0.1) is 6.92 Å². The number of benzene rings is 1. The monoisotopic (exact) mass is 483 g/mol. The number of hydrogen-bond donors (Lipinski definition) is 1. The second-order valence-corrected chi connectivity index (χ2v) is 11.6. The van der Waals surface area contributed by atoms with Gasteiger partial charge in [0.1, 0.15) is 16.3 Å². The first-order valence-corrected chi connectivity index (χ1v) is 13.2. The molecule has 2 saturated heterocycles. The highest BCUT2D eigenvalue weighted by atomic mass is 35.5. The Morgan fingerprint density at radius 1 is 1.23 bits per heavy atom. The highest BCUT2D eigenvalue weighted by Gasteiger charge is 2.40. The Labute approximate surface area is 191 Å². The van der Waals surface area contributed by atoms with Crippen LogP contribution < -0.4 is 4.72 Å². The lowest BCUT2D eigenvalue weighted by molar-refractivity contribution is -0.143. The number of piperidine rings is 1. The fourth-order valence-electron chi connectivity index (χ4n) is 4.38. The van der Waals surface area contributed by atoms with Gasteiger partial charge in [-0.2, -0.15) is 4.72 Å². The van der Waals surface area contributed by atoms with E-state index in [-0.39, 0.29) is 16.0 Å². The topological polar surface area (TPSA) is 86.8 Å². The molecule has 4 rings (SSSR count). The second kappa shape index (κ2) is 8.69. The van der Waals surface area contributed by atoms with Crippen LogP contribution in [0.4, 0.5) is 0 Å². The van der Waals surface area contributed by atoms with E-state index in [4.69, 9.17) is 11.6 Å². The van der Waals surface area contributed by atoms with Crippen LogP contribution in [0.5, 0.6) is 0 Å². The van der Waals surface area contributed by atoms with E-state index < -0.39 is 22.1 Å². The Hall–Kier alpha value is -1.68. The lowest BCUT2D eigenvalue weighted by Crippen LogP contribution is -2.51. The number of fused-ring (bicyclic) bond motifs is 1. The first-order valence-electron chi connectivity index (χ1n) is 10.5. The van der Waals surface area contributed by atoms with E-state index in [9.17, 15) is 18.0 Å². The van der Waals surface area contributed by atoms with Crippen molar-refractivity contribution in [2.45, 2.75) is 55.8 Å². The standard InChI is InChI=1S/C21H26ClN3O4S2/c1-13-16-12-15(22)6-7-18(16)30-21(13)31(28,29)23-17-8-11-25(20(17)27)14(2)19(26)24-9-4-3-5-10-24/h6-7,12,14,17,23H,3-5,8-11H2,1-2H3/t14-,17?/m1/s1. The third-order valence-corrected chi connectivity index (χ3v) is 9.73. The summed E-state index contributed by atoms with van der Waals surface area (Å²) < 4.78 is 29.8. The minimum absolute atomic E-state index is 0.0613. The van der Waals surface area contributed by atoms with Crippen molar-refractivity contribution in [1.29, 1.82) is 0 Å². The predicted octanol–water partition coefficient (Wildman–Crippen LogP) is 3.14. The van der Waals surface area contributed by atoms with E-state index in [1.807, 2.05) is 4.90 Å². The van der Waals surface area contributed by atoms with E-state index in [0.717, 1.165) is 53.8 Å². The van der Waals surface area contributed by atoms with Crippen molar-refractivity contribution in [3.8, 4) is 0 Å². The number of nitrogens with one attached hydrogen (secondary N) is 1. The Bertz CT molecular complexity index is 1130. The molecule has 2 atom stereocenters. The summed E-state index contributed by atoms with van der Waals surface area (Å²) >= 11 is 7.22. The van der Waals surface area contributed by atoms with Crippen molar-refractivity contribution in [3.05, 3.63) is 28.8 Å². The molecule has 1 aromatic carbocycles. The molecule has 0 aliphatic carbocycles. The zero-order valence-electron chi connectivity index (χ0n) is 17.6. The molecular formula is C21H26ClN3O4S2. The molecule has 2 aliphatic heterocycles. The van der Waals surface area contributed by atoms with Crippen LogP contribution in [0.2, 0.25) is 5.02 Å². The molecular weight excluding hydrogens is 458 g/mol. The zero-order valence-corrected chi connectivity index (χ0v) is 19.9. The van der Waals surface area contributed by atoms with Crippen molar-refractivity contribution in [2.24, 2.45) is 0 Å². The van der Waals surface area contributed by atoms with E-state index in [0.29, 0.717) is 23.6 Å². The van der Waals surface area contributed by atoms with Crippen LogP contribution in [0.25, 0.3) is 10.1 Å². The number of aryl methyl sites for hydroxylation is 1. The summed E-state index contributed by atoms with van der Waals surface area (Å²) in [5, 5.41) is 1.33. The van der Waals surface area contributed by atoms with Crippen molar-refractivity contribution >= 4 is 54.9 Å². The van der Waals surface area contributed by atoms with Crippen LogP contribution in [0.3, 0.4) is 0 Å². The summed E-state index contributed by atoms with van der Waals surface area (Å²) in [5.41, 5.74) is 0.617. The summed E-state index contributed by atoms with van der Waals surface area (Å²) in [6.45, 7) is 5.26. The summed E-state index contributed by atoms with van der Waals surface area (Å²) in [5.74, 6) is -0.406. The SMILES string of the molecule is Cc1c(S(=O)(=O)NC2CCN([C@H](C)C(=O)N3CCCCC3)C2=O)sc2ccc(Cl)cc12. The number of hydrogen-bond acceptors (Lipinski definition) is 5. The largest absolute Gasteiger partial charge is 0.341 e. The average molecular weight is 484 g/mol. The minimum atomic E-state index is -3.89. The summed E-state index contributed by atoms with van der Waals surface area (Å²) in [4.78, 5) is 29.1. The maximum Gasteiger partial charge on any atom is 0.251 e. The highest BCUT2D eigenvalue weighted by Crippen LogP contribution is 2.35. The molecule has 2 fully saturated rings. The van der Waals surface area contributed by atoms with Gasteiger partial charge in [0.25, 0.3) is 10.0 Å². The molecule has 0 spiro atoms. The summed E-state index contributed by atoms with van der Waals surface area (Å²) in [6, 6.07) is 3.81. The van der Waals surface area contributed by atoms with Gasteiger partial charge in [-0.05, 0) is 68.7 Å². The maximum absolute atomic E-state index is 13.1. The number of sulfonamides is 1. The average Bonchev–Trinajstić information content (AvgIpc) is 3.27. The molecule has 1 aromatic heterocycles. The molecule has 2 aliphatic rings. The molecule has 0 radical (unpaired) electrons. The van der Waals surface area contributed by atoms with E-state index in [2.05, 4.69) is 4.72 Å². The molecule has 3 heterocycles. The third-order valence-electron chi connectivity index (χ3n) is 6.13. The fraction of sp³-hybridized carbons (Fsp3) is 0.524. The summed E-state index contributed by atoms with van der Waals surface area (Å²) in [7, 11) is -3.89. The first-order chi connectivity index (χ1) is 14.7. The Morgan fingerprint density at radius 2 is 1.94 bits per heavy atom. The summed E-state index contributed by atoms with van der Waals surface area (Å²) in [6.07, 6.45) is 3.42. The number of halogens is 1. The zero-order chi connectivity index (χ0) is 22.3. The number of carbonyl (C=O) groups excluding carboxylic acids is 2. The van der Waals surface area contributed by atoms with E-state index in [1.54, 1.807) is 32.0 Å². The van der Waals surface area contributed by atoms with E-state index in [1.165, 1.54) is 4.90 Å². The Kier molecular flexibility index (Phi) is 6.31. The van der Waals surface area contributed by atoms with Gasteiger partial charge in [-0.1, -0.05) is 11.6 Å². The van der Waals surface area contributed by atoms with E-state index >= 15 is 0 Å². The number of likely N-dealkylation sites (tertiary alicyclic amines) is 2. The minimum Gasteiger partial charge on any atom is -0.341 e. The van der Waals surface area contributed by atoms with Gasteiger partial charge in [0.05, 0.1) is 0 Å². The molecule has 1 N–H and O–H groups in total. The Morgan fingerprint density at radius 3 is 2.65 bits per heavy atom. The lowest BCUT2D eigenvalue weighted by Gasteiger charge is -2.32. The lowest BCUT2D eigenvalue weighted by atomic mass is 10.1. The molecule has 2 aromatic rings. The molecule has 1 unspecified atom stereocenters. The van der Waals surface area contributed by atoms with Gasteiger partial charge < -0.3 is 9.80 Å². The molecule has 31 heavy (non-hydrogen) atoms. The van der Waals surface area contributed by atoms with Gasteiger partial charge in [-0.3, -0.25) is 9.59 Å². The van der Waals surface area contributed by atoms with Gasteiger partial charge in [0, 0.05) is 29.4 Å². The van der Waals surface area contributed by atoms with Crippen LogP contribution in [0.15, 0.2) is 22.4 Å².